The summed E-state index contributed by atoms with van der Waals surface area (Å²) in [7, 11) is 0. The van der Waals surface area contributed by atoms with Crippen LogP contribution in [0, 0.1) is 11.3 Å². The van der Waals surface area contributed by atoms with Crippen LogP contribution in [0.15, 0.2) is 127 Å². The first-order chi connectivity index (χ1) is 19.8. The van der Waals surface area contributed by atoms with Crippen LogP contribution in [0.25, 0.3) is 73.7 Å². The second kappa shape index (κ2) is 9.17. The van der Waals surface area contributed by atoms with Crippen molar-refractivity contribution in [3.63, 3.8) is 0 Å². The highest BCUT2D eigenvalue weighted by Gasteiger charge is 2.18. The molecule has 0 aliphatic carbocycles. The Bertz CT molecular complexity index is 2290. The maximum absolute atomic E-state index is 10.00. The summed E-state index contributed by atoms with van der Waals surface area (Å²) in [6.07, 6.45) is 0. The van der Waals surface area contributed by atoms with Gasteiger partial charge < -0.3 is 0 Å². The van der Waals surface area contributed by atoms with E-state index in [9.17, 15) is 5.26 Å². The first kappa shape index (κ1) is 23.2. The van der Waals surface area contributed by atoms with E-state index in [-0.39, 0.29) is 0 Å². The van der Waals surface area contributed by atoms with Gasteiger partial charge in [0.25, 0.3) is 0 Å². The third-order valence-electron chi connectivity index (χ3n) is 7.76. The van der Waals surface area contributed by atoms with Gasteiger partial charge in [0, 0.05) is 45.9 Å². The number of thiophene rings is 2. The Morgan fingerprint density at radius 2 is 1.02 bits per heavy atom. The van der Waals surface area contributed by atoms with E-state index in [1.54, 1.807) is 0 Å². The summed E-state index contributed by atoms with van der Waals surface area (Å²) >= 11 is 3.67. The molecule has 0 aliphatic heterocycles. The van der Waals surface area contributed by atoms with Gasteiger partial charge in [-0.2, -0.15) is 5.26 Å². The zero-order valence-corrected chi connectivity index (χ0v) is 23.0. The SMILES string of the molecule is N#Cc1ccccc1-c1cccc(-c2ccc3sc4ccccc4c3c2)c1-c1ccc2c(c1)sc1ccccc12. The molecule has 0 unspecified atom stereocenters. The van der Waals surface area contributed by atoms with E-state index in [1.165, 1.54) is 51.5 Å². The molecule has 1 nitrogen and oxygen atoms in total. The predicted molar refractivity (Wildman–Crippen MR) is 173 cm³/mol. The molecule has 2 heterocycles. The lowest BCUT2D eigenvalue weighted by atomic mass is 9.86. The fourth-order valence-corrected chi connectivity index (χ4v) is 8.15. The van der Waals surface area contributed by atoms with Crippen LogP contribution in [-0.2, 0) is 0 Å². The van der Waals surface area contributed by atoms with Gasteiger partial charge in [-0.15, -0.1) is 22.7 Å². The van der Waals surface area contributed by atoms with Crippen LogP contribution in [-0.4, -0.2) is 0 Å². The molecular formula is C37H21NS2. The molecule has 0 N–H and O–H groups in total. The molecule has 0 spiro atoms. The second-order valence-corrected chi connectivity index (χ2v) is 12.2. The maximum atomic E-state index is 10.00. The minimum atomic E-state index is 0.683. The van der Waals surface area contributed by atoms with Crippen molar-refractivity contribution < 1.29 is 0 Å². The van der Waals surface area contributed by atoms with Crippen molar-refractivity contribution in [3.8, 4) is 39.4 Å². The molecule has 0 atom stereocenters. The van der Waals surface area contributed by atoms with Gasteiger partial charge in [0.1, 0.15) is 0 Å². The van der Waals surface area contributed by atoms with Crippen LogP contribution >= 0.6 is 22.7 Å². The van der Waals surface area contributed by atoms with Gasteiger partial charge in [0.2, 0.25) is 0 Å². The van der Waals surface area contributed by atoms with E-state index in [2.05, 4.69) is 115 Å². The highest BCUT2D eigenvalue weighted by molar-refractivity contribution is 7.26. The minimum absolute atomic E-state index is 0.683. The van der Waals surface area contributed by atoms with E-state index in [4.69, 9.17) is 0 Å². The quantitative estimate of drug-likeness (QED) is 0.217. The van der Waals surface area contributed by atoms with E-state index < -0.39 is 0 Å². The summed E-state index contributed by atoms with van der Waals surface area (Å²) in [5.41, 5.74) is 7.38. The van der Waals surface area contributed by atoms with Crippen molar-refractivity contribution in [2.24, 2.45) is 0 Å². The molecule has 186 valence electrons. The number of nitriles is 1. The van der Waals surface area contributed by atoms with Gasteiger partial charge in [0.15, 0.2) is 0 Å². The molecule has 0 saturated heterocycles. The summed E-state index contributed by atoms with van der Waals surface area (Å²) in [5, 5.41) is 15.2. The third kappa shape index (κ3) is 3.58. The molecule has 40 heavy (non-hydrogen) atoms. The van der Waals surface area contributed by atoms with Crippen LogP contribution in [0.2, 0.25) is 0 Å². The third-order valence-corrected chi connectivity index (χ3v) is 10.0. The second-order valence-electron chi connectivity index (χ2n) is 10.0. The first-order valence-corrected chi connectivity index (χ1v) is 14.9. The number of rotatable bonds is 3. The maximum Gasteiger partial charge on any atom is 0.0998 e. The van der Waals surface area contributed by atoms with Gasteiger partial charge in [-0.05, 0) is 64.2 Å². The number of hydrogen-bond acceptors (Lipinski definition) is 3. The van der Waals surface area contributed by atoms with E-state index in [0.717, 1.165) is 22.3 Å². The average molecular weight is 544 g/mol. The highest BCUT2D eigenvalue weighted by atomic mass is 32.1. The Morgan fingerprint density at radius 3 is 1.85 bits per heavy atom. The van der Waals surface area contributed by atoms with E-state index in [1.807, 2.05) is 40.9 Å². The molecule has 3 heteroatoms. The normalized spacial score (nSPS) is 11.5. The van der Waals surface area contributed by atoms with Crippen LogP contribution in [0.1, 0.15) is 5.56 Å². The van der Waals surface area contributed by atoms with Crippen LogP contribution < -0.4 is 0 Å². The topological polar surface area (TPSA) is 23.8 Å². The van der Waals surface area contributed by atoms with Crippen molar-refractivity contribution in [3.05, 3.63) is 133 Å². The zero-order chi connectivity index (χ0) is 26.6. The molecule has 0 radical (unpaired) electrons. The first-order valence-electron chi connectivity index (χ1n) is 13.2. The lowest BCUT2D eigenvalue weighted by Crippen LogP contribution is -1.92. The Morgan fingerprint density at radius 1 is 0.425 bits per heavy atom. The van der Waals surface area contributed by atoms with Gasteiger partial charge in [0.05, 0.1) is 11.6 Å². The molecule has 0 amide bonds. The summed E-state index contributed by atoms with van der Waals surface area (Å²) in [6.45, 7) is 0. The molecule has 8 aromatic rings. The number of benzene rings is 6. The molecule has 2 aromatic heterocycles. The summed E-state index contributed by atoms with van der Waals surface area (Å²) in [5.74, 6) is 0. The van der Waals surface area contributed by atoms with Crippen LogP contribution in [0.3, 0.4) is 0 Å². The Kier molecular flexibility index (Phi) is 5.31. The number of hydrogen-bond donors (Lipinski definition) is 0. The van der Waals surface area contributed by atoms with Crippen molar-refractivity contribution in [2.75, 3.05) is 0 Å². The predicted octanol–water partition coefficient (Wildman–Crippen LogP) is 11.3. The standard InChI is InChI=1S/C37H21NS2/c38-22-25-8-1-2-9-26(25)31-13-7-12-27(23-17-19-35-32(20-23)29-11-4-6-15-34(29)39-35)37(31)24-16-18-30-28-10-3-5-14-33(28)40-36(30)21-24/h1-21H. The van der Waals surface area contributed by atoms with Crippen LogP contribution in [0.5, 0.6) is 0 Å². The molecule has 0 saturated carbocycles. The molecule has 0 fully saturated rings. The molecule has 0 aliphatic rings. The molecule has 8 rings (SSSR count). The Labute approximate surface area is 239 Å². The fourth-order valence-electron chi connectivity index (χ4n) is 5.92. The van der Waals surface area contributed by atoms with Gasteiger partial charge in [-0.3, -0.25) is 0 Å². The van der Waals surface area contributed by atoms with Crippen molar-refractivity contribution in [1.82, 2.24) is 0 Å². The van der Waals surface area contributed by atoms with E-state index >= 15 is 0 Å². The summed E-state index contributed by atoms with van der Waals surface area (Å²) in [6, 6.07) is 47.8. The lowest BCUT2D eigenvalue weighted by Gasteiger charge is -2.17. The monoisotopic (exact) mass is 543 g/mol. The minimum Gasteiger partial charge on any atom is -0.192 e. The van der Waals surface area contributed by atoms with Gasteiger partial charge in [-0.1, -0.05) is 91.0 Å². The van der Waals surface area contributed by atoms with Gasteiger partial charge >= 0.3 is 0 Å². The summed E-state index contributed by atoms with van der Waals surface area (Å²) < 4.78 is 5.17. The van der Waals surface area contributed by atoms with Crippen molar-refractivity contribution in [2.45, 2.75) is 0 Å². The zero-order valence-electron chi connectivity index (χ0n) is 21.4. The summed E-state index contributed by atoms with van der Waals surface area (Å²) in [4.78, 5) is 0. The Balaban J connectivity index is 1.43. The average Bonchev–Trinajstić information content (AvgIpc) is 3.58. The smallest absolute Gasteiger partial charge is 0.0998 e. The van der Waals surface area contributed by atoms with E-state index in [0.29, 0.717) is 5.56 Å². The largest absolute Gasteiger partial charge is 0.192 e. The van der Waals surface area contributed by atoms with Crippen LogP contribution in [0.4, 0.5) is 0 Å². The Hall–Kier alpha value is -4.75. The number of fused-ring (bicyclic) bond motifs is 6. The fraction of sp³-hybridized carbons (Fsp3) is 0. The van der Waals surface area contributed by atoms with Gasteiger partial charge in [-0.25, -0.2) is 0 Å². The van der Waals surface area contributed by atoms with Crippen molar-refractivity contribution in [1.29, 1.82) is 5.26 Å². The highest BCUT2D eigenvalue weighted by Crippen LogP contribution is 2.45. The molecule has 6 aromatic carbocycles. The number of nitrogens with zero attached hydrogens (tertiary/aromatic N) is 1. The molecule has 0 bridgehead atoms. The van der Waals surface area contributed by atoms with Crippen molar-refractivity contribution >= 4 is 63.0 Å². The molecular weight excluding hydrogens is 523 g/mol. The lowest BCUT2D eigenvalue weighted by molar-refractivity contribution is 1.48.